The number of aryl methyl sites for hydroxylation is 1. The highest BCUT2D eigenvalue weighted by Crippen LogP contribution is 2.33. The Morgan fingerprint density at radius 1 is 0.973 bits per heavy atom. The second kappa shape index (κ2) is 12.1. The normalized spacial score (nSPS) is 14.3. The van der Waals surface area contributed by atoms with Gasteiger partial charge < -0.3 is 18.8 Å². The first-order chi connectivity index (χ1) is 18.2. The minimum atomic E-state index is -0.266. The van der Waals surface area contributed by atoms with E-state index in [2.05, 4.69) is 49.7 Å². The average Bonchev–Trinajstić information content (AvgIpc) is 3.25. The van der Waals surface area contributed by atoms with Gasteiger partial charge in [-0.3, -0.25) is 4.90 Å². The van der Waals surface area contributed by atoms with Gasteiger partial charge in [0.1, 0.15) is 11.4 Å². The molecule has 4 aromatic rings. The monoisotopic (exact) mass is 564 g/mol. The molecule has 7 heteroatoms. The van der Waals surface area contributed by atoms with Crippen molar-refractivity contribution in [1.82, 2.24) is 9.47 Å². The van der Waals surface area contributed by atoms with E-state index in [0.717, 1.165) is 83.2 Å². The van der Waals surface area contributed by atoms with Gasteiger partial charge >= 0.3 is 5.97 Å². The zero-order valence-electron chi connectivity index (χ0n) is 21.2. The molecular weight excluding hydrogens is 532 g/mol. The fourth-order valence-electron chi connectivity index (χ4n) is 5.16. The van der Waals surface area contributed by atoms with Crippen molar-refractivity contribution in [1.29, 1.82) is 0 Å². The van der Waals surface area contributed by atoms with E-state index in [1.54, 1.807) is 0 Å². The highest BCUT2D eigenvalue weighted by atomic mass is 79.9. The molecule has 3 aromatic carbocycles. The molecule has 0 saturated carbocycles. The number of carbonyl (C=O) groups is 1. The summed E-state index contributed by atoms with van der Waals surface area (Å²) in [5, 5.41) is 3.36. The summed E-state index contributed by atoms with van der Waals surface area (Å²) < 4.78 is 20.4. The van der Waals surface area contributed by atoms with Crippen molar-refractivity contribution in [2.75, 3.05) is 46.1 Å². The molecular formula is C30H33BrN2O4. The lowest BCUT2D eigenvalue weighted by Gasteiger charge is -2.27. The van der Waals surface area contributed by atoms with E-state index in [-0.39, 0.29) is 5.97 Å². The lowest BCUT2D eigenvalue weighted by molar-refractivity contribution is 0.0359. The lowest BCUT2D eigenvalue weighted by Crippen LogP contribution is -2.38. The van der Waals surface area contributed by atoms with E-state index in [1.165, 1.54) is 0 Å². The topological polar surface area (TPSA) is 52.9 Å². The van der Waals surface area contributed by atoms with Crippen LogP contribution in [0.2, 0.25) is 0 Å². The first kappa shape index (κ1) is 25.8. The van der Waals surface area contributed by atoms with E-state index in [0.29, 0.717) is 25.5 Å². The number of halogens is 1. The maximum Gasteiger partial charge on any atom is 0.355 e. The number of aromatic nitrogens is 1. The molecule has 0 aliphatic carbocycles. The van der Waals surface area contributed by atoms with Crippen molar-refractivity contribution >= 4 is 43.6 Å². The minimum absolute atomic E-state index is 0.266. The van der Waals surface area contributed by atoms with Crippen LogP contribution >= 0.6 is 15.9 Å². The van der Waals surface area contributed by atoms with Crippen molar-refractivity contribution in [2.45, 2.75) is 26.3 Å². The molecule has 0 radical (unpaired) electrons. The molecule has 1 fully saturated rings. The number of nitrogens with zero attached hydrogens (tertiary/aromatic N) is 2. The van der Waals surface area contributed by atoms with Gasteiger partial charge in [-0.1, -0.05) is 48.5 Å². The number of esters is 1. The molecule has 6 nitrogen and oxygen atoms in total. The summed E-state index contributed by atoms with van der Waals surface area (Å²) in [5.74, 6) is 0.622. The molecule has 5 rings (SSSR count). The van der Waals surface area contributed by atoms with Crippen LogP contribution in [0, 0.1) is 0 Å². The van der Waals surface area contributed by atoms with Crippen LogP contribution in [0.5, 0.6) is 5.75 Å². The third-order valence-corrected chi connectivity index (χ3v) is 7.57. The molecule has 1 aliphatic heterocycles. The Labute approximate surface area is 226 Å². The smallest absolute Gasteiger partial charge is 0.355 e. The highest BCUT2D eigenvalue weighted by Gasteiger charge is 2.25. The largest absolute Gasteiger partial charge is 0.493 e. The molecule has 0 amide bonds. The number of benzene rings is 3. The van der Waals surface area contributed by atoms with Gasteiger partial charge in [0.25, 0.3) is 0 Å². The summed E-state index contributed by atoms with van der Waals surface area (Å²) in [7, 11) is 0. The summed E-state index contributed by atoms with van der Waals surface area (Å²) in [4.78, 5) is 15.7. The molecule has 0 unspecified atom stereocenters. The van der Waals surface area contributed by atoms with Crippen molar-refractivity contribution in [2.24, 2.45) is 0 Å². The van der Waals surface area contributed by atoms with Crippen LogP contribution in [-0.2, 0) is 22.4 Å². The van der Waals surface area contributed by atoms with Crippen LogP contribution in [-0.4, -0.2) is 61.5 Å². The zero-order valence-corrected chi connectivity index (χ0v) is 22.8. The first-order valence-electron chi connectivity index (χ1n) is 13.0. The van der Waals surface area contributed by atoms with Gasteiger partial charge in [0.2, 0.25) is 0 Å². The highest BCUT2D eigenvalue weighted by molar-refractivity contribution is 9.10. The van der Waals surface area contributed by atoms with E-state index in [1.807, 2.05) is 43.3 Å². The standard InChI is InChI=1S/C30H33BrN2O4/c1-2-36-30(34)29-25(12-7-19-37-27-14-5-9-22-8-3-4-10-23(22)27)24-11-6-13-26(31)28(24)33(29)16-15-32-17-20-35-21-18-32/h3-6,8-11,13-14H,2,7,12,15-21H2,1H3. The summed E-state index contributed by atoms with van der Waals surface area (Å²) in [6.07, 6.45) is 1.50. The molecule has 194 valence electrons. The van der Waals surface area contributed by atoms with Crippen molar-refractivity contribution in [3.63, 3.8) is 0 Å². The van der Waals surface area contributed by atoms with Gasteiger partial charge in [-0.05, 0) is 58.8 Å². The second-order valence-electron chi connectivity index (χ2n) is 9.22. The maximum absolute atomic E-state index is 13.3. The van der Waals surface area contributed by atoms with Crippen molar-refractivity contribution in [3.05, 3.63) is 76.4 Å². The van der Waals surface area contributed by atoms with Crippen molar-refractivity contribution < 1.29 is 19.0 Å². The zero-order chi connectivity index (χ0) is 25.6. The number of hydrogen-bond donors (Lipinski definition) is 0. The molecule has 0 atom stereocenters. The number of carbonyl (C=O) groups excluding carboxylic acids is 1. The second-order valence-corrected chi connectivity index (χ2v) is 10.1. The Hall–Kier alpha value is -2.87. The maximum atomic E-state index is 13.3. The van der Waals surface area contributed by atoms with Crippen LogP contribution in [0.15, 0.2) is 65.1 Å². The van der Waals surface area contributed by atoms with Crippen LogP contribution in [0.4, 0.5) is 0 Å². The lowest BCUT2D eigenvalue weighted by atomic mass is 10.1. The fourth-order valence-corrected chi connectivity index (χ4v) is 5.74. The summed E-state index contributed by atoms with van der Waals surface area (Å²) in [6.45, 7) is 7.64. The van der Waals surface area contributed by atoms with E-state index in [9.17, 15) is 4.79 Å². The predicted octanol–water partition coefficient (Wildman–Crippen LogP) is 6.08. The molecule has 1 aromatic heterocycles. The van der Waals surface area contributed by atoms with Crippen LogP contribution in [0.1, 0.15) is 29.4 Å². The van der Waals surface area contributed by atoms with Gasteiger partial charge in [0, 0.05) is 41.4 Å². The number of rotatable bonds is 10. The minimum Gasteiger partial charge on any atom is -0.493 e. The van der Waals surface area contributed by atoms with Crippen LogP contribution in [0.25, 0.3) is 21.7 Å². The molecule has 1 saturated heterocycles. The third-order valence-electron chi connectivity index (χ3n) is 6.93. The molecule has 2 heterocycles. The van der Waals surface area contributed by atoms with E-state index >= 15 is 0 Å². The van der Waals surface area contributed by atoms with E-state index in [4.69, 9.17) is 14.2 Å². The van der Waals surface area contributed by atoms with Gasteiger partial charge in [0.15, 0.2) is 0 Å². The Kier molecular flexibility index (Phi) is 8.44. The fraction of sp³-hybridized carbons (Fsp3) is 0.367. The SMILES string of the molecule is CCOC(=O)c1c(CCCOc2cccc3ccccc23)c2cccc(Br)c2n1CCN1CCOCC1. The van der Waals surface area contributed by atoms with Gasteiger partial charge in [-0.25, -0.2) is 4.79 Å². The molecule has 37 heavy (non-hydrogen) atoms. The Bertz CT molecular complexity index is 1370. The molecule has 0 bridgehead atoms. The van der Waals surface area contributed by atoms with Gasteiger partial charge in [-0.2, -0.15) is 0 Å². The number of hydrogen-bond acceptors (Lipinski definition) is 5. The van der Waals surface area contributed by atoms with Gasteiger partial charge in [-0.15, -0.1) is 0 Å². The average molecular weight is 566 g/mol. The Morgan fingerprint density at radius 2 is 1.73 bits per heavy atom. The van der Waals surface area contributed by atoms with E-state index < -0.39 is 0 Å². The quantitative estimate of drug-likeness (QED) is 0.172. The predicted molar refractivity (Wildman–Crippen MR) is 151 cm³/mol. The summed E-state index contributed by atoms with van der Waals surface area (Å²) in [5.41, 5.74) is 2.73. The molecule has 0 spiro atoms. The molecule has 1 aliphatic rings. The number of morpholine rings is 1. The number of fused-ring (bicyclic) bond motifs is 2. The number of para-hydroxylation sites is 1. The van der Waals surface area contributed by atoms with Crippen LogP contribution < -0.4 is 4.74 Å². The summed E-state index contributed by atoms with van der Waals surface area (Å²) in [6, 6.07) is 20.6. The molecule has 0 N–H and O–H groups in total. The van der Waals surface area contributed by atoms with Crippen LogP contribution in [0.3, 0.4) is 0 Å². The Morgan fingerprint density at radius 3 is 2.57 bits per heavy atom. The summed E-state index contributed by atoms with van der Waals surface area (Å²) >= 11 is 3.75. The number of ether oxygens (including phenoxy) is 3. The third kappa shape index (κ3) is 5.69. The Balaban J connectivity index is 1.40. The first-order valence-corrected chi connectivity index (χ1v) is 13.8. The van der Waals surface area contributed by atoms with Crippen molar-refractivity contribution in [3.8, 4) is 5.75 Å². The van der Waals surface area contributed by atoms with Gasteiger partial charge in [0.05, 0.1) is 31.9 Å².